The van der Waals surface area contributed by atoms with Crippen LogP contribution in [-0.2, 0) is 49.0 Å². The van der Waals surface area contributed by atoms with Crippen LogP contribution < -0.4 is 18.9 Å². The molecular weight excluding hydrogens is 849 g/mol. The summed E-state index contributed by atoms with van der Waals surface area (Å²) < 4.78 is 41.7. The highest BCUT2D eigenvalue weighted by molar-refractivity contribution is 5.82. The van der Waals surface area contributed by atoms with Crippen molar-refractivity contribution in [3.8, 4) is 23.0 Å². The second-order valence-electron chi connectivity index (χ2n) is 15.4. The summed E-state index contributed by atoms with van der Waals surface area (Å²) in [4.78, 5) is 44.1. The van der Waals surface area contributed by atoms with Crippen LogP contribution in [0, 0.1) is 0 Å². The van der Waals surface area contributed by atoms with E-state index in [0.717, 1.165) is 46.6 Å². The second-order valence-corrected chi connectivity index (χ2v) is 15.4. The highest BCUT2D eigenvalue weighted by Gasteiger charge is 2.25. The summed E-state index contributed by atoms with van der Waals surface area (Å²) in [5.41, 5.74) is 3.83. The van der Waals surface area contributed by atoms with E-state index in [9.17, 15) is 29.4 Å². The monoisotopic (exact) mass is 908 g/mol. The van der Waals surface area contributed by atoms with E-state index in [2.05, 4.69) is 54.0 Å². The van der Waals surface area contributed by atoms with E-state index in [-0.39, 0.29) is 63.7 Å². The lowest BCUT2D eigenvalue weighted by molar-refractivity contribution is -0.142. The Labute approximate surface area is 386 Å². The van der Waals surface area contributed by atoms with Gasteiger partial charge in [-0.25, -0.2) is 19.2 Å². The Morgan fingerprint density at radius 1 is 0.409 bits per heavy atom. The van der Waals surface area contributed by atoms with E-state index in [4.69, 9.17) is 37.9 Å². The Hall–Kier alpha value is -7.16. The van der Waals surface area contributed by atoms with Crippen molar-refractivity contribution >= 4 is 23.9 Å². The van der Waals surface area contributed by atoms with E-state index >= 15 is 0 Å². The van der Waals surface area contributed by atoms with Gasteiger partial charge in [-0.2, -0.15) is 0 Å². The second kappa shape index (κ2) is 27.2. The summed E-state index contributed by atoms with van der Waals surface area (Å²) in [5.74, 6) is 0.449. The molecule has 0 fully saturated rings. The molecule has 0 aromatic heterocycles. The van der Waals surface area contributed by atoms with Gasteiger partial charge in [-0.05, 0) is 70.8 Å². The lowest BCUT2D eigenvalue weighted by atomic mass is 9.78. The Bertz CT molecular complexity index is 2020. The van der Waals surface area contributed by atoms with Crippen LogP contribution in [0.5, 0.6) is 23.0 Å². The van der Waals surface area contributed by atoms with Gasteiger partial charge in [0.25, 0.3) is 0 Å². The highest BCUT2D eigenvalue weighted by Crippen LogP contribution is 2.35. The minimum absolute atomic E-state index is 0.0139. The highest BCUT2D eigenvalue weighted by atomic mass is 16.6. The van der Waals surface area contributed by atoms with Crippen molar-refractivity contribution in [2.75, 3.05) is 52.9 Å². The molecule has 0 saturated carbocycles. The maximum atomic E-state index is 11.0. The summed E-state index contributed by atoms with van der Waals surface area (Å²) in [6.45, 7) is 22.3. The van der Waals surface area contributed by atoms with Gasteiger partial charge in [-0.15, -0.1) is 0 Å². The molecule has 4 rings (SSSR count). The van der Waals surface area contributed by atoms with E-state index in [1.807, 2.05) is 97.1 Å². The lowest BCUT2D eigenvalue weighted by Crippen LogP contribution is -2.25. The summed E-state index contributed by atoms with van der Waals surface area (Å²) in [7, 11) is 0. The van der Waals surface area contributed by atoms with Crippen LogP contribution in [0.15, 0.2) is 148 Å². The van der Waals surface area contributed by atoms with Crippen molar-refractivity contribution < 1.29 is 67.3 Å². The van der Waals surface area contributed by atoms with Gasteiger partial charge in [0.2, 0.25) is 0 Å². The molecule has 66 heavy (non-hydrogen) atoms. The molecule has 14 nitrogen and oxygen atoms in total. The minimum atomic E-state index is -0.945. The third-order valence-corrected chi connectivity index (χ3v) is 9.88. The molecule has 0 bridgehead atoms. The van der Waals surface area contributed by atoms with Gasteiger partial charge in [-0.3, -0.25) is 0 Å². The van der Waals surface area contributed by atoms with Gasteiger partial charge >= 0.3 is 23.9 Å². The van der Waals surface area contributed by atoms with Crippen LogP contribution in [0.3, 0.4) is 0 Å². The summed E-state index contributed by atoms with van der Waals surface area (Å²) in [5, 5.41) is 19.7. The quantitative estimate of drug-likeness (QED) is 0.0280. The van der Waals surface area contributed by atoms with Crippen molar-refractivity contribution in [1.82, 2.24) is 0 Å². The topological polar surface area (TPSA) is 183 Å². The van der Waals surface area contributed by atoms with Crippen LogP contribution >= 0.6 is 0 Å². The lowest BCUT2D eigenvalue weighted by Gasteiger charge is -2.26. The van der Waals surface area contributed by atoms with Crippen LogP contribution in [0.25, 0.3) is 0 Å². The average Bonchev–Trinajstić information content (AvgIpc) is 3.34. The molecule has 0 aliphatic rings. The molecule has 4 aromatic rings. The van der Waals surface area contributed by atoms with Crippen molar-refractivity contribution in [3.05, 3.63) is 170 Å². The van der Waals surface area contributed by atoms with E-state index < -0.39 is 36.1 Å². The fraction of sp³-hybridized carbons (Fsp3) is 0.308. The number of carbonyl (C=O) groups is 4. The molecule has 0 spiro atoms. The Morgan fingerprint density at radius 2 is 0.652 bits per heavy atom. The third kappa shape index (κ3) is 18.1. The van der Waals surface area contributed by atoms with Gasteiger partial charge in [0.1, 0.15) is 88.1 Å². The van der Waals surface area contributed by atoms with Gasteiger partial charge in [0.05, 0.1) is 0 Å². The molecule has 2 atom stereocenters. The predicted octanol–water partition coefficient (Wildman–Crippen LogP) is 7.18. The number of aliphatic hydroxyl groups excluding tert-OH is 2. The normalized spacial score (nSPS) is 11.7. The summed E-state index contributed by atoms with van der Waals surface area (Å²) >= 11 is 0. The summed E-state index contributed by atoms with van der Waals surface area (Å²) in [6.07, 6.45) is 2.42. The SMILES string of the molecule is C=CC(=O)OCC(O)COc1ccc(C(C)(C)c2ccc(OCC(O)COC(=O)C=C)cc2)cc1.C=CC(=O)OCCOc1ccc(C(C)(C)c2ccc(OCCOC(=O)C=C)cc2)cc1. The van der Waals surface area contributed by atoms with Crippen LogP contribution in [0.4, 0.5) is 0 Å². The summed E-state index contributed by atoms with van der Waals surface area (Å²) in [6, 6.07) is 30.7. The zero-order valence-electron chi connectivity index (χ0n) is 38.0. The van der Waals surface area contributed by atoms with Gasteiger partial charge in [0.15, 0.2) is 0 Å². The Morgan fingerprint density at radius 3 is 0.909 bits per heavy atom. The first-order chi connectivity index (χ1) is 31.5. The molecule has 0 radical (unpaired) electrons. The zero-order valence-corrected chi connectivity index (χ0v) is 38.0. The third-order valence-electron chi connectivity index (χ3n) is 9.88. The number of carbonyl (C=O) groups excluding carboxylic acids is 4. The molecular formula is C52H60O14. The number of benzene rings is 4. The number of esters is 4. The van der Waals surface area contributed by atoms with E-state index in [1.165, 1.54) is 0 Å². The molecule has 0 heterocycles. The molecule has 352 valence electrons. The van der Waals surface area contributed by atoms with Crippen molar-refractivity contribution in [2.45, 2.75) is 50.7 Å². The van der Waals surface area contributed by atoms with Crippen LogP contribution in [0.1, 0.15) is 49.9 Å². The average molecular weight is 909 g/mol. The largest absolute Gasteiger partial charge is 0.491 e. The zero-order chi connectivity index (χ0) is 48.5. The van der Waals surface area contributed by atoms with Gasteiger partial charge in [-0.1, -0.05) is 103 Å². The molecule has 0 saturated heterocycles. The fourth-order valence-electron chi connectivity index (χ4n) is 5.88. The van der Waals surface area contributed by atoms with Gasteiger partial charge in [0, 0.05) is 35.1 Å². The van der Waals surface area contributed by atoms with Crippen molar-refractivity contribution in [3.63, 3.8) is 0 Å². The van der Waals surface area contributed by atoms with Crippen LogP contribution in [-0.4, -0.2) is 99.2 Å². The molecule has 14 heteroatoms. The van der Waals surface area contributed by atoms with E-state index in [1.54, 1.807) is 0 Å². The molecule has 0 aliphatic carbocycles. The van der Waals surface area contributed by atoms with E-state index in [0.29, 0.717) is 23.0 Å². The maximum absolute atomic E-state index is 11.0. The standard InChI is InChI=1S/C27H32O8.C25H28O6/c1-5-25(30)34-17-21(28)15-32-23-11-7-19(8-12-23)27(3,4)20-9-13-24(14-10-20)33-16-22(29)18-35-26(31)6-2;1-5-23(26)30-17-15-28-21-11-7-19(8-12-21)25(3,4)20-9-13-22(14-10-20)29-16-18-31-24(27)6-2/h5-14,21-22,28-29H,1-2,15-18H2,3-4H3;5-14H,1-2,15-18H2,3-4H3. The molecule has 2 N–H and O–H groups in total. The molecule has 2 unspecified atom stereocenters. The number of rotatable bonds is 26. The Balaban J connectivity index is 0.000000353. The fourth-order valence-corrected chi connectivity index (χ4v) is 5.88. The maximum Gasteiger partial charge on any atom is 0.330 e. The van der Waals surface area contributed by atoms with Gasteiger partial charge < -0.3 is 48.1 Å². The predicted molar refractivity (Wildman–Crippen MR) is 249 cm³/mol. The smallest absolute Gasteiger partial charge is 0.330 e. The minimum Gasteiger partial charge on any atom is -0.491 e. The molecule has 0 amide bonds. The Kier molecular flexibility index (Phi) is 21.9. The first kappa shape index (κ1) is 53.2. The molecule has 4 aromatic carbocycles. The number of aliphatic hydroxyl groups is 2. The van der Waals surface area contributed by atoms with Crippen molar-refractivity contribution in [1.29, 1.82) is 0 Å². The van der Waals surface area contributed by atoms with Crippen LogP contribution in [0.2, 0.25) is 0 Å². The number of hydrogen-bond donors (Lipinski definition) is 2. The first-order valence-electron chi connectivity index (χ1n) is 21.0. The first-order valence-corrected chi connectivity index (χ1v) is 21.0. The number of ether oxygens (including phenoxy) is 8. The van der Waals surface area contributed by atoms with Crippen molar-refractivity contribution in [2.24, 2.45) is 0 Å². The number of hydrogen-bond acceptors (Lipinski definition) is 14. The molecule has 0 aliphatic heterocycles.